The molecule has 0 unspecified atom stereocenters. The number of hydrogen-bond donors (Lipinski definition) is 1. The SMILES string of the molecule is CCn1cc(Cn2cc(NC(=O)Cn3nc([N+](=O)[O-])c([N+](=O)[O-])c3C)cn2)cn1. The molecule has 0 fully saturated rings. The molecule has 0 radical (unpaired) electrons. The highest BCUT2D eigenvalue weighted by molar-refractivity contribution is 5.90. The Morgan fingerprint density at radius 2 is 1.86 bits per heavy atom. The fourth-order valence-corrected chi connectivity index (χ4v) is 2.71. The van der Waals surface area contributed by atoms with Crippen molar-refractivity contribution in [3.05, 3.63) is 56.3 Å². The van der Waals surface area contributed by atoms with Crippen LogP contribution in [0.5, 0.6) is 0 Å². The summed E-state index contributed by atoms with van der Waals surface area (Å²) < 4.78 is 4.32. The van der Waals surface area contributed by atoms with Crippen LogP contribution in [-0.2, 0) is 24.4 Å². The van der Waals surface area contributed by atoms with Crippen molar-refractivity contribution in [3.8, 4) is 0 Å². The lowest BCUT2D eigenvalue weighted by atomic mass is 10.3. The van der Waals surface area contributed by atoms with Crippen LogP contribution in [-0.4, -0.2) is 45.1 Å². The first-order valence-electron chi connectivity index (χ1n) is 8.48. The van der Waals surface area contributed by atoms with Gasteiger partial charge in [0.25, 0.3) is 0 Å². The molecule has 3 heterocycles. The number of aromatic nitrogens is 6. The number of nitrogens with zero attached hydrogens (tertiary/aromatic N) is 8. The third kappa shape index (κ3) is 4.26. The number of amides is 1. The molecular weight excluding hydrogens is 386 g/mol. The number of nitro groups is 2. The van der Waals surface area contributed by atoms with Gasteiger partial charge in [0.05, 0.1) is 34.6 Å². The fourth-order valence-electron chi connectivity index (χ4n) is 2.71. The quantitative estimate of drug-likeness (QED) is 0.430. The summed E-state index contributed by atoms with van der Waals surface area (Å²) in [4.78, 5) is 32.4. The maximum absolute atomic E-state index is 12.2. The topological polar surface area (TPSA) is 169 Å². The maximum Gasteiger partial charge on any atom is 0.468 e. The number of carbonyl (C=O) groups is 1. The molecule has 3 aromatic rings. The second kappa shape index (κ2) is 7.87. The van der Waals surface area contributed by atoms with E-state index in [1.165, 1.54) is 13.1 Å². The van der Waals surface area contributed by atoms with E-state index in [1.807, 2.05) is 13.1 Å². The summed E-state index contributed by atoms with van der Waals surface area (Å²) in [6.45, 7) is 4.06. The molecule has 0 saturated heterocycles. The van der Waals surface area contributed by atoms with Crippen LogP contribution in [0.15, 0.2) is 24.8 Å². The lowest BCUT2D eigenvalue weighted by Crippen LogP contribution is -2.20. The van der Waals surface area contributed by atoms with Gasteiger partial charge in [-0.3, -0.25) is 24.3 Å². The zero-order valence-electron chi connectivity index (χ0n) is 15.5. The van der Waals surface area contributed by atoms with Crippen molar-refractivity contribution in [1.29, 1.82) is 0 Å². The molecule has 14 nitrogen and oxygen atoms in total. The van der Waals surface area contributed by atoms with Crippen molar-refractivity contribution in [2.45, 2.75) is 33.5 Å². The van der Waals surface area contributed by atoms with E-state index in [0.29, 0.717) is 12.2 Å². The zero-order valence-corrected chi connectivity index (χ0v) is 15.5. The molecular formula is C15H17N9O5. The molecule has 0 spiro atoms. The first kappa shape index (κ1) is 19.7. The predicted octanol–water partition coefficient (Wildman–Crippen LogP) is 1.11. The van der Waals surface area contributed by atoms with E-state index in [2.05, 4.69) is 20.6 Å². The Morgan fingerprint density at radius 3 is 2.45 bits per heavy atom. The highest BCUT2D eigenvalue weighted by Gasteiger charge is 2.35. The first-order valence-corrected chi connectivity index (χ1v) is 8.48. The number of carbonyl (C=O) groups excluding carboxylic acids is 1. The van der Waals surface area contributed by atoms with Crippen LogP contribution in [0.3, 0.4) is 0 Å². The predicted molar refractivity (Wildman–Crippen MR) is 98.1 cm³/mol. The molecule has 0 aliphatic carbocycles. The van der Waals surface area contributed by atoms with Gasteiger partial charge in [-0.05, 0) is 18.8 Å². The third-order valence-corrected chi connectivity index (χ3v) is 4.08. The summed E-state index contributed by atoms with van der Waals surface area (Å²) in [7, 11) is 0. The van der Waals surface area contributed by atoms with E-state index in [4.69, 9.17) is 0 Å². The number of rotatable bonds is 8. The largest absolute Gasteiger partial charge is 0.468 e. The molecule has 3 aromatic heterocycles. The summed E-state index contributed by atoms with van der Waals surface area (Å²) in [5.74, 6) is -1.46. The van der Waals surface area contributed by atoms with Gasteiger partial charge in [-0.25, -0.2) is 0 Å². The number of nitrogens with one attached hydrogen (secondary N) is 1. The van der Waals surface area contributed by atoms with Crippen LogP contribution in [0.4, 0.5) is 17.2 Å². The van der Waals surface area contributed by atoms with Crippen LogP contribution in [0.2, 0.25) is 0 Å². The monoisotopic (exact) mass is 403 g/mol. The highest BCUT2D eigenvalue weighted by atomic mass is 16.6. The van der Waals surface area contributed by atoms with E-state index in [9.17, 15) is 25.0 Å². The van der Waals surface area contributed by atoms with E-state index in [0.717, 1.165) is 16.8 Å². The van der Waals surface area contributed by atoms with Crippen molar-refractivity contribution < 1.29 is 14.6 Å². The highest BCUT2D eigenvalue weighted by Crippen LogP contribution is 2.29. The van der Waals surface area contributed by atoms with Crippen molar-refractivity contribution in [3.63, 3.8) is 0 Å². The molecule has 0 saturated carbocycles. The van der Waals surface area contributed by atoms with Crippen LogP contribution in [0.25, 0.3) is 0 Å². The Labute approximate surface area is 163 Å². The molecule has 1 amide bonds. The second-order valence-corrected chi connectivity index (χ2v) is 6.11. The summed E-state index contributed by atoms with van der Waals surface area (Å²) in [5.41, 5.74) is 0.537. The molecule has 152 valence electrons. The van der Waals surface area contributed by atoms with Gasteiger partial charge >= 0.3 is 11.5 Å². The lowest BCUT2D eigenvalue weighted by molar-refractivity contribution is -0.424. The average molecular weight is 403 g/mol. The van der Waals surface area contributed by atoms with Gasteiger partial charge in [-0.2, -0.15) is 14.9 Å². The van der Waals surface area contributed by atoms with Gasteiger partial charge in [0.1, 0.15) is 12.2 Å². The van der Waals surface area contributed by atoms with Crippen molar-refractivity contribution in [1.82, 2.24) is 29.3 Å². The van der Waals surface area contributed by atoms with Crippen LogP contribution in [0.1, 0.15) is 18.2 Å². The van der Waals surface area contributed by atoms with E-state index in [-0.39, 0.29) is 5.69 Å². The minimum Gasteiger partial charge on any atom is -0.358 e. The van der Waals surface area contributed by atoms with Gasteiger partial charge < -0.3 is 15.4 Å². The lowest BCUT2D eigenvalue weighted by Gasteiger charge is -2.01. The van der Waals surface area contributed by atoms with Gasteiger partial charge in [0.15, 0.2) is 0 Å². The van der Waals surface area contributed by atoms with Crippen LogP contribution in [0, 0.1) is 27.2 Å². The normalized spacial score (nSPS) is 10.8. The number of aryl methyl sites for hydroxylation is 1. The van der Waals surface area contributed by atoms with E-state index < -0.39 is 33.8 Å². The fraction of sp³-hybridized carbons (Fsp3) is 0.333. The Hall–Kier alpha value is -4.10. The van der Waals surface area contributed by atoms with Crippen LogP contribution >= 0.6 is 0 Å². The summed E-state index contributed by atoms with van der Waals surface area (Å²) >= 11 is 0. The first-order chi connectivity index (χ1) is 13.8. The summed E-state index contributed by atoms with van der Waals surface area (Å²) in [6.07, 6.45) is 6.68. The third-order valence-electron chi connectivity index (χ3n) is 4.08. The van der Waals surface area contributed by atoms with Gasteiger partial charge in [0, 0.05) is 24.5 Å². The molecule has 0 bridgehead atoms. The van der Waals surface area contributed by atoms with E-state index in [1.54, 1.807) is 21.8 Å². The summed E-state index contributed by atoms with van der Waals surface area (Å²) in [6, 6.07) is 0. The van der Waals surface area contributed by atoms with Gasteiger partial charge in [-0.15, -0.1) is 0 Å². The molecule has 1 N–H and O–H groups in total. The van der Waals surface area contributed by atoms with Crippen LogP contribution < -0.4 is 5.32 Å². The Bertz CT molecular complexity index is 1080. The maximum atomic E-state index is 12.2. The number of anilines is 1. The van der Waals surface area contributed by atoms with Crippen molar-refractivity contribution in [2.75, 3.05) is 5.32 Å². The van der Waals surface area contributed by atoms with Gasteiger partial charge in [-0.1, -0.05) is 0 Å². The van der Waals surface area contributed by atoms with E-state index >= 15 is 0 Å². The molecule has 0 atom stereocenters. The molecule has 29 heavy (non-hydrogen) atoms. The Balaban J connectivity index is 1.67. The summed E-state index contributed by atoms with van der Waals surface area (Å²) in [5, 5.41) is 36.5. The molecule has 0 aliphatic heterocycles. The van der Waals surface area contributed by atoms with Gasteiger partial charge in [0.2, 0.25) is 5.91 Å². The Kier molecular flexibility index (Phi) is 5.34. The standard InChI is InChI=1S/C15H17N9O5/c1-3-20-6-11(4-16-20)7-21-8-12(5-17-21)18-13(25)9-22-10(2)14(23(26)27)15(19-22)24(28)29/h4-6,8H,3,7,9H2,1-2H3,(H,18,25). The number of hydrogen-bond acceptors (Lipinski definition) is 8. The molecule has 0 aromatic carbocycles. The molecule has 0 aliphatic rings. The smallest absolute Gasteiger partial charge is 0.358 e. The molecule has 14 heteroatoms. The average Bonchev–Trinajstić information content (AvgIpc) is 3.35. The molecule has 3 rings (SSSR count). The van der Waals surface area contributed by atoms with Crippen molar-refractivity contribution in [2.24, 2.45) is 0 Å². The minimum absolute atomic E-state index is 0.0829. The minimum atomic E-state index is -0.954. The zero-order chi connectivity index (χ0) is 21.1. The Morgan fingerprint density at radius 1 is 1.14 bits per heavy atom. The second-order valence-electron chi connectivity index (χ2n) is 6.11. The van der Waals surface area contributed by atoms with Crippen molar-refractivity contribution >= 4 is 23.1 Å².